The molecule has 0 saturated heterocycles. The lowest BCUT2D eigenvalue weighted by Gasteiger charge is -2.02. The number of aryl methyl sites for hydroxylation is 2. The standard InChI is InChI=1S/C12H12BrNO/c1-8-3-4-9(2)11(5-8)12-6-10(7-13)14-15-12/h3-6H,7H2,1-2H3. The second kappa shape index (κ2) is 4.19. The van der Waals surface area contributed by atoms with Gasteiger partial charge in [0.2, 0.25) is 0 Å². The summed E-state index contributed by atoms with van der Waals surface area (Å²) in [6, 6.07) is 8.28. The monoisotopic (exact) mass is 265 g/mol. The maximum absolute atomic E-state index is 5.30. The molecule has 0 amide bonds. The van der Waals surface area contributed by atoms with Gasteiger partial charge in [-0.15, -0.1) is 0 Å². The quantitative estimate of drug-likeness (QED) is 0.771. The molecule has 0 unspecified atom stereocenters. The van der Waals surface area contributed by atoms with Gasteiger partial charge in [0.1, 0.15) is 0 Å². The zero-order chi connectivity index (χ0) is 10.8. The molecule has 0 spiro atoms. The van der Waals surface area contributed by atoms with Gasteiger partial charge in [-0.3, -0.25) is 0 Å². The van der Waals surface area contributed by atoms with Gasteiger partial charge < -0.3 is 4.52 Å². The van der Waals surface area contributed by atoms with E-state index in [1.165, 1.54) is 11.1 Å². The van der Waals surface area contributed by atoms with Gasteiger partial charge in [-0.25, -0.2) is 0 Å². The van der Waals surface area contributed by atoms with Crippen LogP contribution in [0.5, 0.6) is 0 Å². The SMILES string of the molecule is Cc1ccc(C)c(-c2cc(CBr)no2)c1. The third-order valence-corrected chi connectivity index (χ3v) is 2.93. The molecule has 1 aromatic heterocycles. The Hall–Kier alpha value is -1.09. The second-order valence-electron chi connectivity index (χ2n) is 3.63. The van der Waals surface area contributed by atoms with Crippen LogP contribution in [0.2, 0.25) is 0 Å². The summed E-state index contributed by atoms with van der Waals surface area (Å²) in [5, 5.41) is 4.68. The van der Waals surface area contributed by atoms with Crippen LogP contribution in [0.4, 0.5) is 0 Å². The van der Waals surface area contributed by atoms with Crippen LogP contribution >= 0.6 is 15.9 Å². The van der Waals surface area contributed by atoms with E-state index in [2.05, 4.69) is 53.1 Å². The van der Waals surface area contributed by atoms with E-state index in [1.807, 2.05) is 6.07 Å². The highest BCUT2D eigenvalue weighted by atomic mass is 79.9. The van der Waals surface area contributed by atoms with Crippen molar-refractivity contribution in [2.24, 2.45) is 0 Å². The lowest BCUT2D eigenvalue weighted by molar-refractivity contribution is 0.426. The predicted octanol–water partition coefficient (Wildman–Crippen LogP) is 3.85. The molecule has 0 aliphatic rings. The normalized spacial score (nSPS) is 10.6. The Bertz CT molecular complexity index is 476. The fourth-order valence-corrected chi connectivity index (χ4v) is 1.77. The molecule has 15 heavy (non-hydrogen) atoms. The van der Waals surface area contributed by atoms with Gasteiger partial charge in [0, 0.05) is 17.0 Å². The lowest BCUT2D eigenvalue weighted by atomic mass is 10.0. The van der Waals surface area contributed by atoms with Crippen LogP contribution in [0.3, 0.4) is 0 Å². The Labute approximate surface area is 97.4 Å². The Morgan fingerprint density at radius 3 is 2.73 bits per heavy atom. The van der Waals surface area contributed by atoms with E-state index in [4.69, 9.17) is 4.52 Å². The highest BCUT2D eigenvalue weighted by molar-refractivity contribution is 9.08. The van der Waals surface area contributed by atoms with Crippen LogP contribution in [0.1, 0.15) is 16.8 Å². The summed E-state index contributed by atoms with van der Waals surface area (Å²) in [5.41, 5.74) is 4.48. The van der Waals surface area contributed by atoms with Gasteiger partial charge >= 0.3 is 0 Å². The third kappa shape index (κ3) is 2.12. The van der Waals surface area contributed by atoms with E-state index in [-0.39, 0.29) is 0 Å². The number of nitrogens with zero attached hydrogens (tertiary/aromatic N) is 1. The molecule has 2 aromatic rings. The molecule has 1 heterocycles. The van der Waals surface area contributed by atoms with Crippen molar-refractivity contribution in [2.75, 3.05) is 0 Å². The summed E-state index contributed by atoms with van der Waals surface area (Å²) in [4.78, 5) is 0. The molecule has 78 valence electrons. The van der Waals surface area contributed by atoms with Gasteiger partial charge in [0.15, 0.2) is 5.76 Å². The predicted molar refractivity (Wildman–Crippen MR) is 64.0 cm³/mol. The van der Waals surface area contributed by atoms with Crippen molar-refractivity contribution < 1.29 is 4.52 Å². The molecular formula is C12H12BrNO. The Balaban J connectivity index is 2.48. The van der Waals surface area contributed by atoms with E-state index in [0.29, 0.717) is 0 Å². The molecular weight excluding hydrogens is 254 g/mol. The maximum atomic E-state index is 5.30. The summed E-state index contributed by atoms with van der Waals surface area (Å²) in [6.45, 7) is 4.15. The first-order chi connectivity index (χ1) is 7.20. The minimum Gasteiger partial charge on any atom is -0.356 e. The first-order valence-electron chi connectivity index (χ1n) is 4.80. The molecule has 3 heteroatoms. The number of halogens is 1. The van der Waals surface area contributed by atoms with Crippen LogP contribution in [0, 0.1) is 13.8 Å². The smallest absolute Gasteiger partial charge is 0.167 e. The fourth-order valence-electron chi connectivity index (χ4n) is 1.50. The lowest BCUT2D eigenvalue weighted by Crippen LogP contribution is -1.82. The number of hydrogen-bond acceptors (Lipinski definition) is 2. The third-order valence-electron chi connectivity index (χ3n) is 2.35. The summed E-state index contributed by atoms with van der Waals surface area (Å²) in [6.07, 6.45) is 0. The number of alkyl halides is 1. The molecule has 0 aliphatic carbocycles. The second-order valence-corrected chi connectivity index (χ2v) is 4.20. The molecule has 0 atom stereocenters. The first kappa shape index (κ1) is 10.4. The highest BCUT2D eigenvalue weighted by Gasteiger charge is 2.08. The van der Waals surface area contributed by atoms with Crippen molar-refractivity contribution in [3.05, 3.63) is 41.1 Å². The minimum absolute atomic E-state index is 0.724. The zero-order valence-electron chi connectivity index (χ0n) is 8.75. The van der Waals surface area contributed by atoms with Crippen LogP contribution in [-0.4, -0.2) is 5.16 Å². The average Bonchev–Trinajstić information content (AvgIpc) is 2.70. The van der Waals surface area contributed by atoms with Gasteiger partial charge in [-0.2, -0.15) is 0 Å². The van der Waals surface area contributed by atoms with Crippen LogP contribution in [0.25, 0.3) is 11.3 Å². The summed E-state index contributed by atoms with van der Waals surface area (Å²) < 4.78 is 5.30. The number of hydrogen-bond donors (Lipinski definition) is 0. The molecule has 0 N–H and O–H groups in total. The molecule has 0 aliphatic heterocycles. The number of benzene rings is 1. The maximum Gasteiger partial charge on any atom is 0.167 e. The molecule has 0 fully saturated rings. The van der Waals surface area contributed by atoms with E-state index >= 15 is 0 Å². The van der Waals surface area contributed by atoms with Gasteiger partial charge in [-0.1, -0.05) is 38.8 Å². The largest absolute Gasteiger partial charge is 0.356 e. The summed E-state index contributed by atoms with van der Waals surface area (Å²) in [5.74, 6) is 0.839. The molecule has 0 bridgehead atoms. The topological polar surface area (TPSA) is 26.0 Å². The summed E-state index contributed by atoms with van der Waals surface area (Å²) >= 11 is 3.35. The molecule has 1 aromatic carbocycles. The van der Waals surface area contributed by atoms with Crippen molar-refractivity contribution in [1.82, 2.24) is 5.16 Å². The molecule has 2 rings (SSSR count). The van der Waals surface area contributed by atoms with E-state index < -0.39 is 0 Å². The highest BCUT2D eigenvalue weighted by Crippen LogP contribution is 2.25. The van der Waals surface area contributed by atoms with E-state index in [9.17, 15) is 0 Å². The Morgan fingerprint density at radius 2 is 2.07 bits per heavy atom. The van der Waals surface area contributed by atoms with Crippen LogP contribution < -0.4 is 0 Å². The van der Waals surface area contributed by atoms with Crippen molar-refractivity contribution in [1.29, 1.82) is 0 Å². The van der Waals surface area contributed by atoms with E-state index in [1.54, 1.807) is 0 Å². The minimum atomic E-state index is 0.724. The number of rotatable bonds is 2. The molecule has 0 saturated carbocycles. The zero-order valence-corrected chi connectivity index (χ0v) is 10.3. The summed E-state index contributed by atoms with van der Waals surface area (Å²) in [7, 11) is 0. The average molecular weight is 266 g/mol. The molecule has 0 radical (unpaired) electrons. The van der Waals surface area contributed by atoms with Crippen LogP contribution in [0.15, 0.2) is 28.8 Å². The van der Waals surface area contributed by atoms with Crippen molar-refractivity contribution in [3.8, 4) is 11.3 Å². The fraction of sp³-hybridized carbons (Fsp3) is 0.250. The van der Waals surface area contributed by atoms with Gasteiger partial charge in [-0.05, 0) is 25.5 Å². The number of aromatic nitrogens is 1. The van der Waals surface area contributed by atoms with E-state index in [0.717, 1.165) is 22.3 Å². The first-order valence-corrected chi connectivity index (χ1v) is 5.92. The molecule has 2 nitrogen and oxygen atoms in total. The van der Waals surface area contributed by atoms with Gasteiger partial charge in [0.25, 0.3) is 0 Å². The van der Waals surface area contributed by atoms with Crippen molar-refractivity contribution in [2.45, 2.75) is 19.2 Å². The Kier molecular flexibility index (Phi) is 2.91. The van der Waals surface area contributed by atoms with Crippen LogP contribution in [-0.2, 0) is 5.33 Å². The van der Waals surface area contributed by atoms with Crippen molar-refractivity contribution >= 4 is 15.9 Å². The van der Waals surface area contributed by atoms with Gasteiger partial charge in [0.05, 0.1) is 5.69 Å². The van der Waals surface area contributed by atoms with Crippen molar-refractivity contribution in [3.63, 3.8) is 0 Å². The Morgan fingerprint density at radius 1 is 1.27 bits per heavy atom.